The maximum Gasteiger partial charge on any atom is 0.344 e. The highest BCUT2D eigenvalue weighted by molar-refractivity contribution is 7.90. The fourth-order valence-electron chi connectivity index (χ4n) is 2.77. The van der Waals surface area contributed by atoms with Crippen LogP contribution < -0.4 is 4.90 Å². The van der Waals surface area contributed by atoms with Crippen LogP contribution in [0.2, 0.25) is 0 Å². The van der Waals surface area contributed by atoms with Crippen LogP contribution in [0.5, 0.6) is 0 Å². The summed E-state index contributed by atoms with van der Waals surface area (Å²) in [5.41, 5.74) is -0.418. The van der Waals surface area contributed by atoms with Gasteiger partial charge >= 0.3 is 12.0 Å². The Balaban J connectivity index is 2.11. The first kappa shape index (κ1) is 20.7. The molecule has 10 heteroatoms. The summed E-state index contributed by atoms with van der Waals surface area (Å²) in [6.45, 7) is 5.61. The van der Waals surface area contributed by atoms with Crippen LogP contribution in [0.15, 0.2) is 41.4 Å². The van der Waals surface area contributed by atoms with Gasteiger partial charge in [-0.25, -0.2) is 31.8 Å². The first-order valence-electron chi connectivity index (χ1n) is 8.71. The molecule has 2 aromatic rings. The highest BCUT2D eigenvalue weighted by Crippen LogP contribution is 2.37. The van der Waals surface area contributed by atoms with Crippen molar-refractivity contribution in [1.29, 1.82) is 0 Å². The molecule has 2 amide bonds. The number of benzene rings is 1. The van der Waals surface area contributed by atoms with Gasteiger partial charge in [0.05, 0.1) is 5.69 Å². The Morgan fingerprint density at radius 2 is 1.93 bits per heavy atom. The van der Waals surface area contributed by atoms with Crippen LogP contribution in [0.1, 0.15) is 26.3 Å². The number of hydrogen-bond acceptors (Lipinski definition) is 6. The standard InChI is InChI=1S/C19H20FN3O5S/c1-12-7-8-13(10-14(12)20)23-17-15(6-5-9-21-17)29(26,27)22(18(23)25)11-16(24)28-19(2,3)4/h5-10H,11H2,1-4H3. The summed E-state index contributed by atoms with van der Waals surface area (Å²) in [6.07, 6.45) is 1.32. The third-order valence-corrected chi connectivity index (χ3v) is 5.78. The number of urea groups is 1. The van der Waals surface area contributed by atoms with Gasteiger partial charge in [-0.2, -0.15) is 0 Å². The average Bonchev–Trinajstić information content (AvgIpc) is 2.60. The molecule has 0 unspecified atom stereocenters. The molecule has 0 radical (unpaired) electrons. The van der Waals surface area contributed by atoms with Crippen molar-refractivity contribution < 1.29 is 27.1 Å². The van der Waals surface area contributed by atoms with Crippen molar-refractivity contribution >= 4 is 33.5 Å². The summed E-state index contributed by atoms with van der Waals surface area (Å²) in [5.74, 6) is -1.63. The number of anilines is 2. The molecule has 3 rings (SSSR count). The largest absolute Gasteiger partial charge is 0.459 e. The van der Waals surface area contributed by atoms with Crippen LogP contribution in [-0.4, -0.2) is 41.9 Å². The number of carbonyl (C=O) groups excluding carboxylic acids is 2. The normalized spacial score (nSPS) is 15.8. The van der Waals surface area contributed by atoms with E-state index in [2.05, 4.69) is 4.98 Å². The molecule has 0 spiro atoms. The van der Waals surface area contributed by atoms with Gasteiger partial charge in [0.1, 0.15) is 22.9 Å². The summed E-state index contributed by atoms with van der Waals surface area (Å²) < 4.78 is 45.6. The minimum absolute atomic E-state index is 0.0853. The first-order chi connectivity index (χ1) is 13.4. The number of rotatable bonds is 3. The number of ether oxygens (including phenoxy) is 1. The molecular weight excluding hydrogens is 401 g/mol. The van der Waals surface area contributed by atoms with E-state index in [4.69, 9.17) is 4.74 Å². The average molecular weight is 421 g/mol. The lowest BCUT2D eigenvalue weighted by Crippen LogP contribution is -2.51. The summed E-state index contributed by atoms with van der Waals surface area (Å²) in [5, 5.41) is 0. The fraction of sp³-hybridized carbons (Fsp3) is 0.316. The zero-order chi connectivity index (χ0) is 21.6. The summed E-state index contributed by atoms with van der Waals surface area (Å²) >= 11 is 0. The van der Waals surface area contributed by atoms with Crippen LogP contribution in [-0.2, 0) is 19.6 Å². The van der Waals surface area contributed by atoms with Crippen LogP contribution in [0.3, 0.4) is 0 Å². The van der Waals surface area contributed by atoms with Crippen molar-refractivity contribution in [3.05, 3.63) is 47.9 Å². The van der Waals surface area contributed by atoms with Crippen molar-refractivity contribution in [2.45, 2.75) is 38.2 Å². The lowest BCUT2D eigenvalue weighted by atomic mass is 10.2. The topological polar surface area (TPSA) is 96.9 Å². The fourth-order valence-corrected chi connectivity index (χ4v) is 4.20. The third-order valence-electron chi connectivity index (χ3n) is 4.04. The number of carbonyl (C=O) groups is 2. The number of halogens is 1. The van der Waals surface area contributed by atoms with E-state index in [9.17, 15) is 22.4 Å². The Labute approximate surface area is 168 Å². The number of sulfonamides is 1. The predicted molar refractivity (Wildman–Crippen MR) is 103 cm³/mol. The van der Waals surface area contributed by atoms with Crippen molar-refractivity contribution in [2.75, 3.05) is 11.4 Å². The molecule has 0 saturated carbocycles. The Hall–Kier alpha value is -3.01. The molecule has 1 aromatic carbocycles. The molecule has 8 nitrogen and oxygen atoms in total. The summed E-state index contributed by atoms with van der Waals surface area (Å²) in [6, 6.07) is 5.65. The number of fused-ring (bicyclic) bond motifs is 1. The van der Waals surface area contributed by atoms with E-state index in [0.717, 1.165) is 11.0 Å². The number of amides is 2. The van der Waals surface area contributed by atoms with Crippen LogP contribution >= 0.6 is 0 Å². The summed E-state index contributed by atoms with van der Waals surface area (Å²) in [7, 11) is -4.36. The zero-order valence-electron chi connectivity index (χ0n) is 16.3. The maximum atomic E-state index is 14.1. The van der Waals surface area contributed by atoms with Crippen molar-refractivity contribution in [3.63, 3.8) is 0 Å². The molecule has 154 valence electrons. The molecule has 0 fully saturated rings. The van der Waals surface area contributed by atoms with Gasteiger partial charge in [-0.1, -0.05) is 6.07 Å². The van der Waals surface area contributed by atoms with Crippen LogP contribution in [0.4, 0.5) is 20.7 Å². The molecular formula is C19H20FN3O5S. The minimum atomic E-state index is -4.36. The number of aryl methyl sites for hydroxylation is 1. The van der Waals surface area contributed by atoms with Gasteiger partial charge in [0.2, 0.25) is 0 Å². The highest BCUT2D eigenvalue weighted by atomic mass is 32.2. The second kappa shape index (κ2) is 7.11. The lowest BCUT2D eigenvalue weighted by Gasteiger charge is -2.35. The van der Waals surface area contributed by atoms with E-state index in [-0.39, 0.29) is 16.4 Å². The van der Waals surface area contributed by atoms with E-state index in [1.807, 2.05) is 0 Å². The Morgan fingerprint density at radius 1 is 1.24 bits per heavy atom. The minimum Gasteiger partial charge on any atom is -0.459 e. The number of aromatic nitrogens is 1. The number of pyridine rings is 1. The monoisotopic (exact) mass is 421 g/mol. The molecule has 0 bridgehead atoms. The van der Waals surface area contributed by atoms with E-state index < -0.39 is 40.0 Å². The van der Waals surface area contributed by atoms with Crippen molar-refractivity contribution in [1.82, 2.24) is 9.29 Å². The van der Waals surface area contributed by atoms with Gasteiger partial charge in [-0.3, -0.25) is 4.79 Å². The zero-order valence-corrected chi connectivity index (χ0v) is 17.2. The second-order valence-electron chi connectivity index (χ2n) is 7.47. The third kappa shape index (κ3) is 3.93. The lowest BCUT2D eigenvalue weighted by molar-refractivity contribution is -0.154. The molecule has 2 heterocycles. The Bertz CT molecular complexity index is 1100. The number of hydrogen-bond donors (Lipinski definition) is 0. The van der Waals surface area contributed by atoms with E-state index in [1.165, 1.54) is 30.5 Å². The molecule has 1 aliphatic rings. The van der Waals surface area contributed by atoms with Gasteiger partial charge in [-0.05, 0) is 57.5 Å². The molecule has 1 aliphatic heterocycles. The first-order valence-corrected chi connectivity index (χ1v) is 10.2. The molecule has 0 N–H and O–H groups in total. The quantitative estimate of drug-likeness (QED) is 0.707. The van der Waals surface area contributed by atoms with Gasteiger partial charge < -0.3 is 4.74 Å². The Kier molecular flexibility index (Phi) is 5.08. The molecule has 0 saturated heterocycles. The molecule has 29 heavy (non-hydrogen) atoms. The highest BCUT2D eigenvalue weighted by Gasteiger charge is 2.44. The molecule has 0 aliphatic carbocycles. The van der Waals surface area contributed by atoms with Crippen molar-refractivity contribution in [3.8, 4) is 0 Å². The number of esters is 1. The SMILES string of the molecule is Cc1ccc(N2C(=O)N(CC(=O)OC(C)(C)C)S(=O)(=O)c3cccnc32)cc1F. The molecule has 0 atom stereocenters. The van der Waals surface area contributed by atoms with Gasteiger partial charge in [0.15, 0.2) is 5.82 Å². The van der Waals surface area contributed by atoms with Gasteiger partial charge in [0.25, 0.3) is 10.0 Å². The maximum absolute atomic E-state index is 14.1. The van der Waals surface area contributed by atoms with E-state index in [0.29, 0.717) is 9.87 Å². The number of nitrogens with zero attached hydrogens (tertiary/aromatic N) is 3. The predicted octanol–water partition coefficient (Wildman–Crippen LogP) is 3.13. The second-order valence-corrected chi connectivity index (χ2v) is 9.31. The van der Waals surface area contributed by atoms with Crippen LogP contribution in [0.25, 0.3) is 0 Å². The van der Waals surface area contributed by atoms with Crippen molar-refractivity contribution in [2.24, 2.45) is 0 Å². The van der Waals surface area contributed by atoms with E-state index >= 15 is 0 Å². The Morgan fingerprint density at radius 3 is 2.55 bits per heavy atom. The van der Waals surface area contributed by atoms with Crippen LogP contribution in [0, 0.1) is 12.7 Å². The summed E-state index contributed by atoms with van der Waals surface area (Å²) in [4.78, 5) is 30.0. The smallest absolute Gasteiger partial charge is 0.344 e. The van der Waals surface area contributed by atoms with Gasteiger partial charge in [-0.15, -0.1) is 0 Å². The molecule has 1 aromatic heterocycles. The van der Waals surface area contributed by atoms with Gasteiger partial charge in [0, 0.05) is 6.20 Å². The van der Waals surface area contributed by atoms with E-state index in [1.54, 1.807) is 27.7 Å².